The lowest BCUT2D eigenvalue weighted by molar-refractivity contribution is 0.296. The topological polar surface area (TPSA) is 63.8 Å². The standard InChI is InChI=1S/C9H9ClN4O/c10-7-2-1-3-8(6-7)14-12-9(4-5-15)11-13-14/h1-3,6,15H,4-5H2. The molecule has 0 fully saturated rings. The molecule has 0 saturated carbocycles. The van der Waals surface area contributed by atoms with Crippen molar-refractivity contribution in [1.82, 2.24) is 20.2 Å². The van der Waals surface area contributed by atoms with Gasteiger partial charge in [-0.2, -0.15) is 0 Å². The summed E-state index contributed by atoms with van der Waals surface area (Å²) in [6.45, 7) is 0.0151. The second-order valence-corrected chi connectivity index (χ2v) is 3.39. The molecule has 1 aromatic carbocycles. The summed E-state index contributed by atoms with van der Waals surface area (Å²) in [6, 6.07) is 7.16. The molecule has 0 atom stereocenters. The van der Waals surface area contributed by atoms with Crippen molar-refractivity contribution < 1.29 is 5.11 Å². The third kappa shape index (κ3) is 2.31. The molecule has 2 aromatic rings. The summed E-state index contributed by atoms with van der Waals surface area (Å²) in [4.78, 5) is 1.39. The molecule has 1 heterocycles. The van der Waals surface area contributed by atoms with E-state index in [4.69, 9.17) is 16.7 Å². The molecular formula is C9H9ClN4O. The van der Waals surface area contributed by atoms with Gasteiger partial charge >= 0.3 is 0 Å². The highest BCUT2D eigenvalue weighted by atomic mass is 35.5. The van der Waals surface area contributed by atoms with E-state index in [-0.39, 0.29) is 6.61 Å². The molecule has 0 saturated heterocycles. The van der Waals surface area contributed by atoms with Gasteiger partial charge in [-0.1, -0.05) is 17.7 Å². The molecule has 15 heavy (non-hydrogen) atoms. The van der Waals surface area contributed by atoms with E-state index >= 15 is 0 Å². The summed E-state index contributed by atoms with van der Waals surface area (Å²) < 4.78 is 0. The van der Waals surface area contributed by atoms with Gasteiger partial charge in [0, 0.05) is 11.4 Å². The molecule has 0 aliphatic rings. The van der Waals surface area contributed by atoms with Gasteiger partial charge in [0.1, 0.15) is 0 Å². The number of aliphatic hydroxyl groups excluding tert-OH is 1. The van der Waals surface area contributed by atoms with E-state index in [0.717, 1.165) is 5.69 Å². The van der Waals surface area contributed by atoms with E-state index < -0.39 is 0 Å². The van der Waals surface area contributed by atoms with Gasteiger partial charge in [0.15, 0.2) is 5.82 Å². The minimum Gasteiger partial charge on any atom is -0.396 e. The molecule has 0 bridgehead atoms. The lowest BCUT2D eigenvalue weighted by atomic mass is 10.3. The van der Waals surface area contributed by atoms with E-state index in [2.05, 4.69) is 15.4 Å². The van der Waals surface area contributed by atoms with E-state index in [1.54, 1.807) is 12.1 Å². The van der Waals surface area contributed by atoms with Crippen molar-refractivity contribution in [3.63, 3.8) is 0 Å². The van der Waals surface area contributed by atoms with Crippen molar-refractivity contribution in [2.24, 2.45) is 0 Å². The number of benzene rings is 1. The molecule has 0 spiro atoms. The van der Waals surface area contributed by atoms with Gasteiger partial charge < -0.3 is 5.11 Å². The maximum atomic E-state index is 8.71. The molecule has 1 aromatic heterocycles. The molecule has 78 valence electrons. The van der Waals surface area contributed by atoms with Crippen LogP contribution < -0.4 is 0 Å². The smallest absolute Gasteiger partial charge is 0.177 e. The zero-order valence-corrected chi connectivity index (χ0v) is 8.59. The molecule has 1 N–H and O–H groups in total. The van der Waals surface area contributed by atoms with Crippen molar-refractivity contribution in [3.8, 4) is 5.69 Å². The third-order valence-electron chi connectivity index (χ3n) is 1.83. The Kier molecular flexibility index (Phi) is 2.94. The highest BCUT2D eigenvalue weighted by Gasteiger charge is 2.03. The summed E-state index contributed by atoms with van der Waals surface area (Å²) in [5.41, 5.74) is 0.749. The van der Waals surface area contributed by atoms with E-state index in [1.807, 2.05) is 12.1 Å². The average molecular weight is 225 g/mol. The van der Waals surface area contributed by atoms with Crippen LogP contribution in [0.4, 0.5) is 0 Å². The number of halogens is 1. The van der Waals surface area contributed by atoms with Crippen molar-refractivity contribution in [2.45, 2.75) is 6.42 Å². The molecule has 0 unspecified atom stereocenters. The van der Waals surface area contributed by atoms with Crippen LogP contribution in [0.2, 0.25) is 5.02 Å². The first-order valence-electron chi connectivity index (χ1n) is 4.45. The maximum absolute atomic E-state index is 8.71. The van der Waals surface area contributed by atoms with E-state index in [9.17, 15) is 0 Å². The van der Waals surface area contributed by atoms with Crippen molar-refractivity contribution in [2.75, 3.05) is 6.61 Å². The maximum Gasteiger partial charge on any atom is 0.177 e. The quantitative estimate of drug-likeness (QED) is 0.840. The molecule has 2 rings (SSSR count). The predicted molar refractivity (Wildman–Crippen MR) is 55.0 cm³/mol. The molecule has 0 radical (unpaired) electrons. The number of aromatic nitrogens is 4. The Morgan fingerprint density at radius 2 is 2.27 bits per heavy atom. The fraction of sp³-hybridized carbons (Fsp3) is 0.222. The summed E-state index contributed by atoms with van der Waals surface area (Å²) >= 11 is 5.83. The van der Waals surface area contributed by atoms with Crippen LogP contribution in [-0.2, 0) is 6.42 Å². The van der Waals surface area contributed by atoms with Crippen molar-refractivity contribution in [3.05, 3.63) is 35.1 Å². The fourth-order valence-electron chi connectivity index (χ4n) is 1.15. The monoisotopic (exact) mass is 224 g/mol. The summed E-state index contributed by atoms with van der Waals surface area (Å²) in [5.74, 6) is 0.512. The number of hydrogen-bond donors (Lipinski definition) is 1. The zero-order chi connectivity index (χ0) is 10.7. The van der Waals surface area contributed by atoms with Gasteiger partial charge in [-0.05, 0) is 23.4 Å². The Balaban J connectivity index is 2.29. The van der Waals surface area contributed by atoms with Crippen molar-refractivity contribution in [1.29, 1.82) is 0 Å². The highest BCUT2D eigenvalue weighted by molar-refractivity contribution is 6.30. The first kappa shape index (κ1) is 10.1. The molecule has 6 heteroatoms. The van der Waals surface area contributed by atoms with Gasteiger partial charge in [0.05, 0.1) is 12.3 Å². The number of hydrogen-bond acceptors (Lipinski definition) is 4. The number of tetrazole rings is 1. The average Bonchev–Trinajstić information content (AvgIpc) is 2.67. The minimum absolute atomic E-state index is 0.0151. The van der Waals surface area contributed by atoms with E-state index in [0.29, 0.717) is 17.3 Å². The minimum atomic E-state index is 0.0151. The van der Waals surface area contributed by atoms with Gasteiger partial charge in [-0.15, -0.1) is 15.0 Å². The molecule has 0 amide bonds. The Bertz CT molecular complexity index is 457. The molecule has 0 aliphatic carbocycles. The lowest BCUT2D eigenvalue weighted by Crippen LogP contribution is -1.99. The van der Waals surface area contributed by atoms with Crippen LogP contribution in [0.15, 0.2) is 24.3 Å². The van der Waals surface area contributed by atoms with Gasteiger partial charge in [-0.3, -0.25) is 0 Å². The van der Waals surface area contributed by atoms with Crippen LogP contribution in [0.1, 0.15) is 5.82 Å². The lowest BCUT2D eigenvalue weighted by Gasteiger charge is -1.97. The third-order valence-corrected chi connectivity index (χ3v) is 2.06. The Morgan fingerprint density at radius 1 is 1.40 bits per heavy atom. The SMILES string of the molecule is OCCc1nnn(-c2cccc(Cl)c2)n1. The molecule has 0 aliphatic heterocycles. The first-order valence-corrected chi connectivity index (χ1v) is 4.83. The number of rotatable bonds is 3. The van der Waals surface area contributed by atoms with Gasteiger partial charge in [-0.25, -0.2) is 0 Å². The molecule has 5 nitrogen and oxygen atoms in total. The van der Waals surface area contributed by atoms with Crippen LogP contribution in [0.3, 0.4) is 0 Å². The molecular weight excluding hydrogens is 216 g/mol. The van der Waals surface area contributed by atoms with E-state index in [1.165, 1.54) is 4.80 Å². The van der Waals surface area contributed by atoms with Crippen LogP contribution in [-0.4, -0.2) is 31.9 Å². The van der Waals surface area contributed by atoms with Crippen LogP contribution in [0.25, 0.3) is 5.69 Å². The van der Waals surface area contributed by atoms with Crippen LogP contribution in [0.5, 0.6) is 0 Å². The van der Waals surface area contributed by atoms with Gasteiger partial charge in [0.2, 0.25) is 0 Å². The fourth-order valence-corrected chi connectivity index (χ4v) is 1.34. The Labute approximate surface area is 91.3 Å². The highest BCUT2D eigenvalue weighted by Crippen LogP contribution is 2.12. The summed E-state index contributed by atoms with van der Waals surface area (Å²) in [7, 11) is 0. The summed E-state index contributed by atoms with van der Waals surface area (Å²) in [5, 5.41) is 21.1. The predicted octanol–water partition coefficient (Wildman–Crippen LogP) is 0.851. The summed E-state index contributed by atoms with van der Waals surface area (Å²) in [6.07, 6.45) is 0.403. The van der Waals surface area contributed by atoms with Crippen LogP contribution in [0, 0.1) is 0 Å². The second kappa shape index (κ2) is 4.37. The largest absolute Gasteiger partial charge is 0.396 e. The zero-order valence-electron chi connectivity index (χ0n) is 7.84. The second-order valence-electron chi connectivity index (χ2n) is 2.95. The Morgan fingerprint density at radius 3 is 3.00 bits per heavy atom. The first-order chi connectivity index (χ1) is 7.29. The van der Waals surface area contributed by atoms with Gasteiger partial charge in [0.25, 0.3) is 0 Å². The Hall–Kier alpha value is -1.46. The normalized spacial score (nSPS) is 10.5. The number of aliphatic hydroxyl groups is 1. The van der Waals surface area contributed by atoms with Crippen LogP contribution >= 0.6 is 11.6 Å². The van der Waals surface area contributed by atoms with Crippen molar-refractivity contribution >= 4 is 11.6 Å². The number of nitrogens with zero attached hydrogens (tertiary/aromatic N) is 4.